The van der Waals surface area contributed by atoms with Crippen LogP contribution in [0.1, 0.15) is 12.0 Å². The van der Waals surface area contributed by atoms with Crippen molar-refractivity contribution in [3.63, 3.8) is 0 Å². The molecule has 1 fully saturated rings. The van der Waals surface area contributed by atoms with E-state index in [1.54, 1.807) is 0 Å². The Hall–Kier alpha value is -0.580. The van der Waals surface area contributed by atoms with E-state index in [4.69, 9.17) is 0 Å². The molecule has 2 rings (SSSR count). The zero-order valence-electron chi connectivity index (χ0n) is 12.1. The summed E-state index contributed by atoms with van der Waals surface area (Å²) in [5.41, 5.74) is 1.31. The molecule has 1 saturated heterocycles. The lowest BCUT2D eigenvalue weighted by Gasteiger charge is -2.21. The monoisotopic (exact) mass is 279 g/mol. The van der Waals surface area contributed by atoms with E-state index in [2.05, 4.69) is 34.2 Å². The van der Waals surface area contributed by atoms with Crippen LogP contribution < -0.4 is 0 Å². The molecular formula is C15H25N3S. The highest BCUT2D eigenvalue weighted by Gasteiger charge is 2.22. The third-order valence-corrected chi connectivity index (χ3v) is 4.32. The van der Waals surface area contributed by atoms with Crippen LogP contribution >= 0.6 is 11.8 Å². The quantitative estimate of drug-likeness (QED) is 0.762. The summed E-state index contributed by atoms with van der Waals surface area (Å²) in [6.07, 6.45) is 7.35. The summed E-state index contributed by atoms with van der Waals surface area (Å²) >= 11 is 1.95. The molecule has 0 unspecified atom stereocenters. The lowest BCUT2D eigenvalue weighted by atomic mass is 10.1. The number of hydrogen-bond acceptors (Lipinski definition) is 4. The summed E-state index contributed by atoms with van der Waals surface area (Å²) in [5, 5.41) is 0. The summed E-state index contributed by atoms with van der Waals surface area (Å²) < 4.78 is 0. The SMILES string of the molecule is CSCCN1CC[C@H](CN(C)Cc2cccnc2)C1. The van der Waals surface area contributed by atoms with Crippen LogP contribution in [0.4, 0.5) is 0 Å². The van der Waals surface area contributed by atoms with Gasteiger partial charge in [0.1, 0.15) is 0 Å². The molecule has 0 bridgehead atoms. The van der Waals surface area contributed by atoms with Crippen molar-refractivity contribution in [3.05, 3.63) is 30.1 Å². The van der Waals surface area contributed by atoms with Crippen molar-refractivity contribution in [3.8, 4) is 0 Å². The number of thioether (sulfide) groups is 1. The van der Waals surface area contributed by atoms with Crippen LogP contribution in [0.5, 0.6) is 0 Å². The summed E-state index contributed by atoms with van der Waals surface area (Å²) in [4.78, 5) is 9.22. The predicted octanol–water partition coefficient (Wildman–Crippen LogP) is 2.20. The number of pyridine rings is 1. The number of hydrogen-bond donors (Lipinski definition) is 0. The van der Waals surface area contributed by atoms with Crippen molar-refractivity contribution in [2.45, 2.75) is 13.0 Å². The standard InChI is InChI=1S/C15H25N3S/c1-17(11-14-4-3-6-16-10-14)12-15-5-7-18(13-15)8-9-19-2/h3-4,6,10,15H,5,7-9,11-13H2,1-2H3/t15-/m1/s1. The normalized spacial score (nSPS) is 20.3. The van der Waals surface area contributed by atoms with Gasteiger partial charge in [0.15, 0.2) is 0 Å². The van der Waals surface area contributed by atoms with Crippen LogP contribution in [0.25, 0.3) is 0 Å². The molecule has 0 aliphatic carbocycles. The molecule has 1 aromatic heterocycles. The molecule has 1 atom stereocenters. The zero-order valence-corrected chi connectivity index (χ0v) is 12.9. The lowest BCUT2D eigenvalue weighted by Crippen LogP contribution is -2.29. The maximum Gasteiger partial charge on any atom is 0.0312 e. The molecule has 106 valence electrons. The van der Waals surface area contributed by atoms with Crippen molar-refractivity contribution in [1.82, 2.24) is 14.8 Å². The molecule has 3 nitrogen and oxygen atoms in total. The molecule has 1 aliphatic rings. The summed E-state index contributed by atoms with van der Waals surface area (Å²) in [7, 11) is 2.22. The second kappa shape index (κ2) is 7.88. The van der Waals surface area contributed by atoms with Gasteiger partial charge < -0.3 is 9.80 Å². The third kappa shape index (κ3) is 5.13. The Morgan fingerprint density at radius 2 is 2.42 bits per heavy atom. The molecule has 0 radical (unpaired) electrons. The first-order valence-corrected chi connectivity index (χ1v) is 8.46. The molecule has 1 aromatic rings. The third-order valence-electron chi connectivity index (χ3n) is 3.73. The van der Waals surface area contributed by atoms with Crippen molar-refractivity contribution < 1.29 is 0 Å². The van der Waals surface area contributed by atoms with Gasteiger partial charge in [-0.25, -0.2) is 0 Å². The minimum Gasteiger partial charge on any atom is -0.302 e. The van der Waals surface area contributed by atoms with Gasteiger partial charge in [-0.15, -0.1) is 0 Å². The fourth-order valence-corrected chi connectivity index (χ4v) is 3.23. The first-order chi connectivity index (χ1) is 9.28. The van der Waals surface area contributed by atoms with Gasteiger partial charge in [0, 0.05) is 44.3 Å². The van der Waals surface area contributed by atoms with Crippen LogP contribution in [-0.2, 0) is 6.54 Å². The highest BCUT2D eigenvalue weighted by Crippen LogP contribution is 2.18. The van der Waals surface area contributed by atoms with E-state index in [9.17, 15) is 0 Å². The molecule has 0 spiro atoms. The van der Waals surface area contributed by atoms with Crippen LogP contribution in [0.15, 0.2) is 24.5 Å². The number of likely N-dealkylation sites (tertiary alicyclic amines) is 1. The van der Waals surface area contributed by atoms with Gasteiger partial charge in [-0.2, -0.15) is 11.8 Å². The van der Waals surface area contributed by atoms with E-state index >= 15 is 0 Å². The summed E-state index contributed by atoms with van der Waals surface area (Å²) in [5.74, 6) is 2.10. The average molecular weight is 279 g/mol. The first-order valence-electron chi connectivity index (χ1n) is 7.06. The van der Waals surface area contributed by atoms with Crippen LogP contribution in [-0.4, -0.2) is 60.0 Å². The van der Waals surface area contributed by atoms with Gasteiger partial charge in [-0.05, 0) is 43.8 Å². The van der Waals surface area contributed by atoms with Gasteiger partial charge in [0.25, 0.3) is 0 Å². The van der Waals surface area contributed by atoms with Gasteiger partial charge in [0.05, 0.1) is 0 Å². The molecule has 19 heavy (non-hydrogen) atoms. The molecule has 0 saturated carbocycles. The Bertz CT molecular complexity index is 358. The van der Waals surface area contributed by atoms with Crippen molar-refractivity contribution in [2.24, 2.45) is 5.92 Å². The maximum absolute atomic E-state index is 4.18. The van der Waals surface area contributed by atoms with Crippen molar-refractivity contribution >= 4 is 11.8 Å². The highest BCUT2D eigenvalue weighted by atomic mass is 32.2. The molecule has 4 heteroatoms. The fraction of sp³-hybridized carbons (Fsp3) is 0.667. The number of nitrogens with zero attached hydrogens (tertiary/aromatic N) is 3. The van der Waals surface area contributed by atoms with Crippen molar-refractivity contribution in [2.75, 3.05) is 45.2 Å². The predicted molar refractivity (Wildman–Crippen MR) is 83.5 cm³/mol. The minimum absolute atomic E-state index is 0.837. The molecule has 2 heterocycles. The van der Waals surface area contributed by atoms with E-state index in [-0.39, 0.29) is 0 Å². The first kappa shape index (κ1) is 14.8. The Kier molecular flexibility index (Phi) is 6.14. The van der Waals surface area contributed by atoms with E-state index in [1.807, 2.05) is 30.2 Å². The van der Waals surface area contributed by atoms with E-state index in [0.29, 0.717) is 0 Å². The Morgan fingerprint density at radius 3 is 3.16 bits per heavy atom. The smallest absolute Gasteiger partial charge is 0.0312 e. The lowest BCUT2D eigenvalue weighted by molar-refractivity contribution is 0.261. The van der Waals surface area contributed by atoms with E-state index in [0.717, 1.165) is 12.5 Å². The Balaban J connectivity index is 1.70. The second-order valence-electron chi connectivity index (χ2n) is 5.51. The van der Waals surface area contributed by atoms with Crippen LogP contribution in [0.3, 0.4) is 0 Å². The largest absolute Gasteiger partial charge is 0.302 e. The van der Waals surface area contributed by atoms with Crippen molar-refractivity contribution in [1.29, 1.82) is 0 Å². The summed E-state index contributed by atoms with van der Waals surface area (Å²) in [6, 6.07) is 4.17. The molecule has 0 N–H and O–H groups in total. The fourth-order valence-electron chi connectivity index (χ4n) is 2.79. The van der Waals surface area contributed by atoms with Gasteiger partial charge >= 0.3 is 0 Å². The molecule has 0 amide bonds. The van der Waals surface area contributed by atoms with E-state index in [1.165, 1.54) is 43.9 Å². The maximum atomic E-state index is 4.18. The summed E-state index contributed by atoms with van der Waals surface area (Å²) in [6.45, 7) is 6.02. The van der Waals surface area contributed by atoms with E-state index < -0.39 is 0 Å². The van der Waals surface area contributed by atoms with Crippen LogP contribution in [0.2, 0.25) is 0 Å². The highest BCUT2D eigenvalue weighted by molar-refractivity contribution is 7.98. The molecular weight excluding hydrogens is 254 g/mol. The molecule has 1 aliphatic heterocycles. The Morgan fingerprint density at radius 1 is 1.53 bits per heavy atom. The van der Waals surface area contributed by atoms with Gasteiger partial charge in [-0.3, -0.25) is 4.98 Å². The number of rotatable bonds is 7. The van der Waals surface area contributed by atoms with Crippen LogP contribution in [0, 0.1) is 5.92 Å². The van der Waals surface area contributed by atoms with Gasteiger partial charge in [-0.1, -0.05) is 6.07 Å². The Labute approximate surface area is 121 Å². The second-order valence-corrected chi connectivity index (χ2v) is 6.49. The molecule has 0 aromatic carbocycles. The number of aromatic nitrogens is 1. The minimum atomic E-state index is 0.837. The zero-order chi connectivity index (χ0) is 13.5. The van der Waals surface area contributed by atoms with Gasteiger partial charge in [0.2, 0.25) is 0 Å². The average Bonchev–Trinajstić information content (AvgIpc) is 2.85. The topological polar surface area (TPSA) is 19.4 Å².